The average molecular weight is 220 g/mol. The third-order valence-electron chi connectivity index (χ3n) is 1.67. The van der Waals surface area contributed by atoms with E-state index in [9.17, 15) is 13.2 Å². The highest BCUT2D eigenvalue weighted by atomic mass is 19.4. The van der Waals surface area contributed by atoms with E-state index in [0.29, 0.717) is 6.54 Å². The van der Waals surface area contributed by atoms with Crippen LogP contribution in [-0.2, 0) is 6.54 Å². The molecule has 15 heavy (non-hydrogen) atoms. The van der Waals surface area contributed by atoms with Gasteiger partial charge in [0.05, 0.1) is 13.0 Å². The van der Waals surface area contributed by atoms with Crippen LogP contribution in [0.3, 0.4) is 0 Å². The summed E-state index contributed by atoms with van der Waals surface area (Å²) in [7, 11) is 0. The maximum absolute atomic E-state index is 11.8. The predicted octanol–water partition coefficient (Wildman–Crippen LogP) is 1.87. The Kier molecular flexibility index (Phi) is 3.90. The Labute approximate surface area is 85.1 Å². The summed E-state index contributed by atoms with van der Waals surface area (Å²) in [6, 6.07) is 3.16. The zero-order valence-corrected chi connectivity index (χ0v) is 7.92. The lowest BCUT2D eigenvalue weighted by atomic mass is 10.3. The summed E-state index contributed by atoms with van der Waals surface area (Å²) in [5.74, 6) is 0.177. The molecule has 0 unspecified atom stereocenters. The highest BCUT2D eigenvalue weighted by Gasteiger charge is 2.26. The lowest BCUT2D eigenvalue weighted by Gasteiger charge is -2.07. The molecule has 1 aromatic rings. The summed E-state index contributed by atoms with van der Waals surface area (Å²) in [5.41, 5.74) is 6.13. The van der Waals surface area contributed by atoms with Crippen LogP contribution in [0.2, 0.25) is 0 Å². The molecule has 0 atom stereocenters. The highest BCUT2D eigenvalue weighted by molar-refractivity contribution is 5.17. The summed E-state index contributed by atoms with van der Waals surface area (Å²) >= 11 is 0. The summed E-state index contributed by atoms with van der Waals surface area (Å²) in [6.07, 6.45) is -3.70. The maximum atomic E-state index is 11.8. The fraction of sp³-hybridized carbons (Fsp3) is 0.444. The lowest BCUT2D eigenvalue weighted by molar-refractivity contribution is -0.139. The second-order valence-electron chi connectivity index (χ2n) is 2.92. The van der Waals surface area contributed by atoms with Gasteiger partial charge in [-0.05, 0) is 5.56 Å². The molecule has 0 aliphatic carbocycles. The topological polar surface area (TPSA) is 48.1 Å². The molecule has 6 heteroatoms. The normalized spacial score (nSPS) is 11.5. The molecule has 0 amide bonds. The number of rotatable bonds is 4. The van der Waals surface area contributed by atoms with Crippen molar-refractivity contribution >= 4 is 0 Å². The number of pyridine rings is 1. The summed E-state index contributed by atoms with van der Waals surface area (Å²) in [5, 5.41) is 0. The van der Waals surface area contributed by atoms with E-state index >= 15 is 0 Å². The first-order chi connectivity index (χ1) is 7.01. The van der Waals surface area contributed by atoms with Gasteiger partial charge in [-0.15, -0.1) is 0 Å². The van der Waals surface area contributed by atoms with E-state index in [-0.39, 0.29) is 5.88 Å². The molecule has 0 fully saturated rings. The minimum Gasteiger partial charge on any atom is -0.477 e. The largest absolute Gasteiger partial charge is 0.477 e. The number of aromatic nitrogens is 1. The van der Waals surface area contributed by atoms with Gasteiger partial charge >= 0.3 is 6.18 Å². The number of hydrogen-bond acceptors (Lipinski definition) is 3. The van der Waals surface area contributed by atoms with Crippen LogP contribution >= 0.6 is 0 Å². The minimum absolute atomic E-state index is 0.177. The molecule has 0 saturated carbocycles. The van der Waals surface area contributed by atoms with Crippen molar-refractivity contribution in [2.75, 3.05) is 6.61 Å². The van der Waals surface area contributed by atoms with Crippen molar-refractivity contribution in [3.63, 3.8) is 0 Å². The Balaban J connectivity index is 2.38. The molecule has 0 aromatic carbocycles. The smallest absolute Gasteiger partial charge is 0.392 e. The standard InChI is InChI=1S/C9H11F3N2O/c10-9(11,12)3-4-15-8-2-1-7(5-13)6-14-8/h1-2,6H,3-5,13H2. The van der Waals surface area contributed by atoms with Crippen molar-refractivity contribution in [3.05, 3.63) is 23.9 Å². The SMILES string of the molecule is NCc1ccc(OCCC(F)(F)F)nc1. The van der Waals surface area contributed by atoms with Crippen LogP contribution in [-0.4, -0.2) is 17.8 Å². The molecule has 0 saturated heterocycles. The fourth-order valence-electron chi connectivity index (χ4n) is 0.888. The van der Waals surface area contributed by atoms with E-state index < -0.39 is 19.2 Å². The van der Waals surface area contributed by atoms with Gasteiger partial charge in [0.15, 0.2) is 0 Å². The number of halogens is 3. The number of alkyl halides is 3. The van der Waals surface area contributed by atoms with E-state index in [1.54, 1.807) is 6.07 Å². The zero-order valence-electron chi connectivity index (χ0n) is 7.92. The van der Waals surface area contributed by atoms with Crippen LogP contribution in [0, 0.1) is 0 Å². The molecular formula is C9H11F3N2O. The average Bonchev–Trinajstić information content (AvgIpc) is 2.17. The Hall–Kier alpha value is -1.30. The van der Waals surface area contributed by atoms with Crippen molar-refractivity contribution < 1.29 is 17.9 Å². The molecular weight excluding hydrogens is 209 g/mol. The van der Waals surface area contributed by atoms with Crippen LogP contribution in [0.1, 0.15) is 12.0 Å². The number of nitrogens with zero attached hydrogens (tertiary/aromatic N) is 1. The van der Waals surface area contributed by atoms with Crippen molar-refractivity contribution in [2.45, 2.75) is 19.1 Å². The molecule has 1 heterocycles. The molecule has 0 aliphatic heterocycles. The summed E-state index contributed by atoms with van der Waals surface area (Å²) < 4.78 is 40.1. The monoisotopic (exact) mass is 220 g/mol. The number of ether oxygens (including phenoxy) is 1. The van der Waals surface area contributed by atoms with Gasteiger partial charge in [0.25, 0.3) is 0 Å². The van der Waals surface area contributed by atoms with E-state index in [1.165, 1.54) is 12.3 Å². The second-order valence-corrected chi connectivity index (χ2v) is 2.92. The molecule has 0 aliphatic rings. The van der Waals surface area contributed by atoms with Crippen molar-refractivity contribution in [1.29, 1.82) is 0 Å². The van der Waals surface area contributed by atoms with Gasteiger partial charge in [0.2, 0.25) is 5.88 Å². The molecule has 1 aromatic heterocycles. The predicted molar refractivity (Wildman–Crippen MR) is 48.3 cm³/mol. The molecule has 1 rings (SSSR count). The molecule has 0 spiro atoms. The highest BCUT2D eigenvalue weighted by Crippen LogP contribution is 2.19. The third-order valence-corrected chi connectivity index (χ3v) is 1.67. The Morgan fingerprint density at radius 3 is 2.53 bits per heavy atom. The first kappa shape index (κ1) is 11.8. The van der Waals surface area contributed by atoms with Gasteiger partial charge < -0.3 is 10.5 Å². The van der Waals surface area contributed by atoms with Gasteiger partial charge in [-0.25, -0.2) is 4.98 Å². The van der Waals surface area contributed by atoms with Gasteiger partial charge in [-0.3, -0.25) is 0 Å². The van der Waals surface area contributed by atoms with Crippen LogP contribution in [0.5, 0.6) is 5.88 Å². The summed E-state index contributed by atoms with van der Waals surface area (Å²) in [6.45, 7) is -0.0751. The Morgan fingerprint density at radius 2 is 2.07 bits per heavy atom. The van der Waals surface area contributed by atoms with Crippen molar-refractivity contribution in [2.24, 2.45) is 5.73 Å². The van der Waals surface area contributed by atoms with Crippen LogP contribution < -0.4 is 10.5 Å². The van der Waals surface area contributed by atoms with E-state index in [4.69, 9.17) is 10.5 Å². The quantitative estimate of drug-likeness (QED) is 0.842. The second kappa shape index (κ2) is 4.97. The van der Waals surface area contributed by atoms with Gasteiger partial charge in [0.1, 0.15) is 0 Å². The molecule has 84 valence electrons. The molecule has 0 bridgehead atoms. The first-order valence-electron chi connectivity index (χ1n) is 4.36. The first-order valence-corrected chi connectivity index (χ1v) is 4.36. The molecule has 0 radical (unpaired) electrons. The van der Waals surface area contributed by atoms with E-state index in [2.05, 4.69) is 4.98 Å². The van der Waals surface area contributed by atoms with Crippen LogP contribution in [0.15, 0.2) is 18.3 Å². The fourth-order valence-corrected chi connectivity index (χ4v) is 0.888. The zero-order chi connectivity index (χ0) is 11.3. The van der Waals surface area contributed by atoms with Crippen LogP contribution in [0.25, 0.3) is 0 Å². The Morgan fingerprint density at radius 1 is 1.33 bits per heavy atom. The van der Waals surface area contributed by atoms with Crippen molar-refractivity contribution in [3.8, 4) is 5.88 Å². The van der Waals surface area contributed by atoms with Gasteiger partial charge in [-0.1, -0.05) is 6.07 Å². The number of hydrogen-bond donors (Lipinski definition) is 1. The maximum Gasteiger partial charge on any atom is 0.392 e. The number of nitrogens with two attached hydrogens (primary N) is 1. The van der Waals surface area contributed by atoms with Crippen molar-refractivity contribution in [1.82, 2.24) is 4.98 Å². The minimum atomic E-state index is -4.20. The van der Waals surface area contributed by atoms with E-state index in [1.807, 2.05) is 0 Å². The Bertz CT molecular complexity index is 297. The van der Waals surface area contributed by atoms with Crippen LogP contribution in [0.4, 0.5) is 13.2 Å². The molecule has 3 nitrogen and oxygen atoms in total. The molecule has 2 N–H and O–H groups in total. The van der Waals surface area contributed by atoms with Gasteiger partial charge in [0, 0.05) is 18.8 Å². The lowest BCUT2D eigenvalue weighted by Crippen LogP contribution is -2.13. The van der Waals surface area contributed by atoms with Gasteiger partial charge in [-0.2, -0.15) is 13.2 Å². The van der Waals surface area contributed by atoms with E-state index in [0.717, 1.165) is 5.56 Å². The third kappa shape index (κ3) is 4.64. The summed E-state index contributed by atoms with van der Waals surface area (Å²) in [4.78, 5) is 3.80.